The summed E-state index contributed by atoms with van der Waals surface area (Å²) in [6, 6.07) is 0. The van der Waals surface area contributed by atoms with Crippen molar-refractivity contribution in [1.82, 2.24) is 10.7 Å². The molecule has 62 valence electrons. The van der Waals surface area contributed by atoms with Crippen LogP contribution in [0.4, 0.5) is 0 Å². The van der Waals surface area contributed by atoms with Gasteiger partial charge >= 0.3 is 0 Å². The lowest BCUT2D eigenvalue weighted by atomic mass is 10.3. The van der Waals surface area contributed by atoms with Gasteiger partial charge in [-0.25, -0.2) is 0 Å². The van der Waals surface area contributed by atoms with Gasteiger partial charge in [-0.3, -0.25) is 10.2 Å². The summed E-state index contributed by atoms with van der Waals surface area (Å²) in [4.78, 5) is 10.6. The fourth-order valence-corrected chi connectivity index (χ4v) is 0.315. The first-order chi connectivity index (χ1) is 5.07. The number of hydrogen-bond acceptors (Lipinski definition) is 3. The summed E-state index contributed by atoms with van der Waals surface area (Å²) in [5.41, 5.74) is 2.91. The van der Waals surface area contributed by atoms with Gasteiger partial charge < -0.3 is 5.32 Å². The van der Waals surface area contributed by atoms with E-state index in [0.717, 1.165) is 0 Å². The molecule has 0 saturated carbocycles. The monoisotopic (exact) mass is 173 g/mol. The lowest BCUT2D eigenvalue weighted by Gasteiger charge is -2.00. The Morgan fingerprint density at radius 1 is 1.45 bits per heavy atom. The molecule has 0 aromatic carbocycles. The third kappa shape index (κ3) is 4.44. The van der Waals surface area contributed by atoms with Gasteiger partial charge in [-0.05, 0) is 19.1 Å². The van der Waals surface area contributed by atoms with Crippen molar-refractivity contribution in [1.29, 1.82) is 0 Å². The van der Waals surface area contributed by atoms with Crippen molar-refractivity contribution in [3.05, 3.63) is 0 Å². The highest BCUT2D eigenvalue weighted by Gasteiger charge is 1.96. The zero-order valence-corrected chi connectivity index (χ0v) is 7.58. The molecule has 0 saturated heterocycles. The van der Waals surface area contributed by atoms with E-state index in [0.29, 0.717) is 10.8 Å². The van der Waals surface area contributed by atoms with Crippen molar-refractivity contribution >= 4 is 28.8 Å². The van der Waals surface area contributed by atoms with Crippen molar-refractivity contribution < 1.29 is 4.79 Å². The van der Waals surface area contributed by atoms with E-state index in [1.807, 2.05) is 0 Å². The molecule has 0 amide bonds. The summed E-state index contributed by atoms with van der Waals surface area (Å²) in [5.74, 6) is -0.0728. The van der Waals surface area contributed by atoms with Crippen LogP contribution in [0.3, 0.4) is 0 Å². The number of Topliss-reactive ketones (excluding diaryl/α,β-unsaturated/α-hetero) is 1. The van der Waals surface area contributed by atoms with Gasteiger partial charge in [-0.1, -0.05) is 0 Å². The fraction of sp³-hybridized carbons (Fsp3) is 0.500. The van der Waals surface area contributed by atoms with Crippen LogP contribution in [-0.2, 0) is 4.79 Å². The Morgan fingerprint density at radius 2 is 2.00 bits per heavy atom. The fourth-order valence-electron chi connectivity index (χ4n) is 0.269. The SMILES string of the molecule is CNC(=S)NN=C(C)C(C)=O. The number of nitrogens with one attached hydrogen (secondary N) is 2. The lowest BCUT2D eigenvalue weighted by molar-refractivity contribution is -0.111. The van der Waals surface area contributed by atoms with Gasteiger partial charge in [-0.2, -0.15) is 5.10 Å². The van der Waals surface area contributed by atoms with Gasteiger partial charge in [0.1, 0.15) is 5.71 Å². The molecule has 0 rings (SSSR count). The predicted molar refractivity (Wildman–Crippen MR) is 48.6 cm³/mol. The Labute approximate surface area is 71.0 Å². The van der Waals surface area contributed by atoms with Crippen LogP contribution in [0.15, 0.2) is 5.10 Å². The van der Waals surface area contributed by atoms with Crippen LogP contribution >= 0.6 is 12.2 Å². The normalized spacial score (nSPS) is 10.6. The molecule has 0 aromatic rings. The molecule has 0 aliphatic heterocycles. The molecule has 0 unspecified atom stereocenters. The summed E-state index contributed by atoms with van der Waals surface area (Å²) in [5, 5.41) is 6.76. The van der Waals surface area contributed by atoms with Gasteiger partial charge in [-0.15, -0.1) is 0 Å². The van der Waals surface area contributed by atoms with Gasteiger partial charge in [0, 0.05) is 14.0 Å². The average Bonchev–Trinajstić information content (AvgIpc) is 1.99. The van der Waals surface area contributed by atoms with Crippen molar-refractivity contribution in [2.24, 2.45) is 5.10 Å². The number of ketones is 1. The van der Waals surface area contributed by atoms with Crippen LogP contribution in [0, 0.1) is 0 Å². The molecule has 0 spiro atoms. The second kappa shape index (κ2) is 4.79. The second-order valence-electron chi connectivity index (χ2n) is 1.94. The summed E-state index contributed by atoms with van der Waals surface area (Å²) in [7, 11) is 1.67. The maximum absolute atomic E-state index is 10.6. The molecule has 0 atom stereocenters. The Morgan fingerprint density at radius 3 is 2.36 bits per heavy atom. The van der Waals surface area contributed by atoms with Crippen LogP contribution in [0.25, 0.3) is 0 Å². The number of carbonyl (C=O) groups excluding carboxylic acids is 1. The first-order valence-corrected chi connectivity index (χ1v) is 3.51. The predicted octanol–water partition coefficient (Wildman–Crippen LogP) is 0.0452. The number of thiocarbonyl (C=S) groups is 1. The summed E-state index contributed by atoms with van der Waals surface area (Å²) in [6.45, 7) is 3.07. The molecule has 5 heteroatoms. The van der Waals surface area contributed by atoms with E-state index in [1.54, 1.807) is 14.0 Å². The molecule has 0 aliphatic carbocycles. The highest BCUT2D eigenvalue weighted by Crippen LogP contribution is 1.76. The Kier molecular flexibility index (Phi) is 4.36. The van der Waals surface area contributed by atoms with Gasteiger partial charge in [0.2, 0.25) is 0 Å². The third-order valence-electron chi connectivity index (χ3n) is 1.06. The molecule has 0 heterocycles. The minimum Gasteiger partial charge on any atom is -0.364 e. The Bertz CT molecular complexity index is 200. The molecule has 2 N–H and O–H groups in total. The van der Waals surface area contributed by atoms with Gasteiger partial charge in [0.25, 0.3) is 0 Å². The first kappa shape index (κ1) is 10.0. The Hall–Kier alpha value is -0.970. The van der Waals surface area contributed by atoms with Crippen molar-refractivity contribution in [2.45, 2.75) is 13.8 Å². The van der Waals surface area contributed by atoms with E-state index in [2.05, 4.69) is 15.8 Å². The van der Waals surface area contributed by atoms with E-state index < -0.39 is 0 Å². The molecular weight excluding hydrogens is 162 g/mol. The molecule has 0 fully saturated rings. The quantitative estimate of drug-likeness (QED) is 0.352. The number of hydrogen-bond donors (Lipinski definition) is 2. The van der Waals surface area contributed by atoms with E-state index in [-0.39, 0.29) is 5.78 Å². The van der Waals surface area contributed by atoms with Crippen molar-refractivity contribution in [3.8, 4) is 0 Å². The highest BCUT2D eigenvalue weighted by molar-refractivity contribution is 7.80. The lowest BCUT2D eigenvalue weighted by Crippen LogP contribution is -2.29. The van der Waals surface area contributed by atoms with Crippen LogP contribution in [0.5, 0.6) is 0 Å². The van der Waals surface area contributed by atoms with E-state index in [1.165, 1.54) is 6.92 Å². The summed E-state index contributed by atoms with van der Waals surface area (Å²) in [6.07, 6.45) is 0. The van der Waals surface area contributed by atoms with Crippen LogP contribution in [0.1, 0.15) is 13.8 Å². The van der Waals surface area contributed by atoms with Crippen LogP contribution in [-0.4, -0.2) is 23.7 Å². The average molecular weight is 173 g/mol. The smallest absolute Gasteiger partial charge is 0.186 e. The minimum atomic E-state index is -0.0728. The standard InChI is InChI=1S/C6H11N3OS/c1-4(5(2)10)8-9-6(11)7-3/h1-3H3,(H2,7,9,11). The van der Waals surface area contributed by atoms with Crippen LogP contribution < -0.4 is 10.7 Å². The molecule has 0 aliphatic rings. The molecule has 0 bridgehead atoms. The van der Waals surface area contributed by atoms with Crippen molar-refractivity contribution in [2.75, 3.05) is 7.05 Å². The van der Waals surface area contributed by atoms with Gasteiger partial charge in [0.05, 0.1) is 0 Å². The molecule has 11 heavy (non-hydrogen) atoms. The number of carbonyl (C=O) groups is 1. The first-order valence-electron chi connectivity index (χ1n) is 3.11. The van der Waals surface area contributed by atoms with E-state index >= 15 is 0 Å². The summed E-state index contributed by atoms with van der Waals surface area (Å²) >= 11 is 4.72. The molecule has 4 nitrogen and oxygen atoms in total. The molecular formula is C6H11N3OS. The van der Waals surface area contributed by atoms with Crippen molar-refractivity contribution in [3.63, 3.8) is 0 Å². The van der Waals surface area contributed by atoms with E-state index in [9.17, 15) is 4.79 Å². The Balaban J connectivity index is 3.92. The largest absolute Gasteiger partial charge is 0.364 e. The van der Waals surface area contributed by atoms with Gasteiger partial charge in [0.15, 0.2) is 10.9 Å². The topological polar surface area (TPSA) is 53.5 Å². The highest BCUT2D eigenvalue weighted by atomic mass is 32.1. The number of hydrazone groups is 1. The number of rotatable bonds is 2. The second-order valence-corrected chi connectivity index (χ2v) is 2.35. The third-order valence-corrected chi connectivity index (χ3v) is 1.36. The maximum Gasteiger partial charge on any atom is 0.186 e. The zero-order valence-electron chi connectivity index (χ0n) is 6.76. The number of nitrogens with zero attached hydrogens (tertiary/aromatic N) is 1. The van der Waals surface area contributed by atoms with E-state index in [4.69, 9.17) is 12.2 Å². The zero-order chi connectivity index (χ0) is 8.85. The molecule has 0 aromatic heterocycles. The maximum atomic E-state index is 10.6. The summed E-state index contributed by atoms with van der Waals surface area (Å²) < 4.78 is 0. The minimum absolute atomic E-state index is 0.0728. The molecule has 0 radical (unpaired) electrons. The van der Waals surface area contributed by atoms with Crippen LogP contribution in [0.2, 0.25) is 0 Å².